The lowest BCUT2D eigenvalue weighted by atomic mass is 10.1. The number of anilines is 1. The van der Waals surface area contributed by atoms with Gasteiger partial charge in [0.25, 0.3) is 0 Å². The minimum absolute atomic E-state index is 0.0442. The van der Waals surface area contributed by atoms with E-state index in [1.54, 1.807) is 24.3 Å². The fourth-order valence-corrected chi connectivity index (χ4v) is 1.86. The minimum Gasteiger partial charge on any atom is -0.465 e. The van der Waals surface area contributed by atoms with E-state index in [9.17, 15) is 9.59 Å². The number of Topliss-reactive ketones (excluding diaryl/α,β-unsaturated/α-hetero) is 1. The summed E-state index contributed by atoms with van der Waals surface area (Å²) in [6.45, 7) is 1.36. The van der Waals surface area contributed by atoms with Gasteiger partial charge >= 0.3 is 6.09 Å². The van der Waals surface area contributed by atoms with Crippen molar-refractivity contribution in [3.8, 4) is 11.3 Å². The van der Waals surface area contributed by atoms with Crippen LogP contribution < -0.4 is 5.32 Å². The van der Waals surface area contributed by atoms with Gasteiger partial charge in [0, 0.05) is 18.2 Å². The van der Waals surface area contributed by atoms with Crippen LogP contribution in [-0.4, -0.2) is 27.0 Å². The first-order chi connectivity index (χ1) is 9.47. The van der Waals surface area contributed by atoms with Crippen LogP contribution >= 0.6 is 11.6 Å². The molecule has 0 spiro atoms. The number of aromatic nitrogens is 2. The SMILES string of the molecule is CC(=O)c1ncc(-c2ccc(NC(=O)O)cc2)nc1Cl. The van der Waals surface area contributed by atoms with Crippen molar-refractivity contribution in [2.45, 2.75) is 6.92 Å². The first-order valence-electron chi connectivity index (χ1n) is 5.61. The molecule has 102 valence electrons. The van der Waals surface area contributed by atoms with Crippen molar-refractivity contribution >= 4 is 29.2 Å². The second kappa shape index (κ2) is 5.66. The normalized spacial score (nSPS) is 10.1. The van der Waals surface area contributed by atoms with Gasteiger partial charge in [-0.25, -0.2) is 14.8 Å². The second-order valence-corrected chi connectivity index (χ2v) is 4.32. The maximum absolute atomic E-state index is 11.2. The molecule has 6 nitrogen and oxygen atoms in total. The van der Waals surface area contributed by atoms with Crippen LogP contribution in [0.5, 0.6) is 0 Å². The highest BCUT2D eigenvalue weighted by Gasteiger charge is 2.10. The van der Waals surface area contributed by atoms with Crippen molar-refractivity contribution in [3.05, 3.63) is 41.3 Å². The van der Waals surface area contributed by atoms with Crippen molar-refractivity contribution in [1.82, 2.24) is 9.97 Å². The van der Waals surface area contributed by atoms with Crippen LogP contribution in [-0.2, 0) is 0 Å². The number of carbonyl (C=O) groups is 2. The summed E-state index contributed by atoms with van der Waals surface area (Å²) in [5, 5.41) is 10.9. The highest BCUT2D eigenvalue weighted by molar-refractivity contribution is 6.32. The highest BCUT2D eigenvalue weighted by Crippen LogP contribution is 2.22. The van der Waals surface area contributed by atoms with Gasteiger partial charge in [-0.2, -0.15) is 0 Å². The molecule has 7 heteroatoms. The van der Waals surface area contributed by atoms with E-state index >= 15 is 0 Å². The molecule has 0 aliphatic heterocycles. The quantitative estimate of drug-likeness (QED) is 0.848. The first kappa shape index (κ1) is 14.0. The number of rotatable bonds is 3. The van der Waals surface area contributed by atoms with E-state index in [1.165, 1.54) is 13.1 Å². The number of hydrogen-bond acceptors (Lipinski definition) is 4. The summed E-state index contributed by atoms with van der Waals surface area (Å²) in [5.74, 6) is -0.255. The number of halogens is 1. The number of carbonyl (C=O) groups excluding carboxylic acids is 1. The standard InChI is InChI=1S/C13H10ClN3O3/c1-7(18)11-12(14)17-10(6-15-11)8-2-4-9(5-3-8)16-13(19)20/h2-6,16H,1H3,(H,19,20). The zero-order valence-electron chi connectivity index (χ0n) is 10.4. The van der Waals surface area contributed by atoms with Crippen molar-refractivity contribution in [1.29, 1.82) is 0 Å². The van der Waals surface area contributed by atoms with Gasteiger partial charge in [-0.3, -0.25) is 10.1 Å². The molecule has 0 fully saturated rings. The van der Waals surface area contributed by atoms with Gasteiger partial charge in [0.1, 0.15) is 5.69 Å². The van der Waals surface area contributed by atoms with Crippen LogP contribution in [0.15, 0.2) is 30.5 Å². The third-order valence-electron chi connectivity index (χ3n) is 2.50. The fourth-order valence-electron chi connectivity index (χ4n) is 1.59. The Morgan fingerprint density at radius 1 is 1.25 bits per heavy atom. The molecule has 0 saturated heterocycles. The van der Waals surface area contributed by atoms with Crippen LogP contribution in [0.2, 0.25) is 5.15 Å². The fraction of sp³-hybridized carbons (Fsp3) is 0.0769. The third-order valence-corrected chi connectivity index (χ3v) is 2.76. The van der Waals surface area contributed by atoms with E-state index in [4.69, 9.17) is 16.7 Å². The van der Waals surface area contributed by atoms with Crippen LogP contribution in [0.25, 0.3) is 11.3 Å². The number of nitrogens with one attached hydrogen (secondary N) is 1. The number of benzene rings is 1. The summed E-state index contributed by atoms with van der Waals surface area (Å²) in [7, 11) is 0. The van der Waals surface area contributed by atoms with Crippen LogP contribution in [0.3, 0.4) is 0 Å². The Kier molecular flexibility index (Phi) is 3.95. The molecule has 1 aromatic carbocycles. The minimum atomic E-state index is -1.13. The predicted octanol–water partition coefficient (Wildman–Crippen LogP) is 3.09. The van der Waals surface area contributed by atoms with E-state index in [0.29, 0.717) is 16.9 Å². The lowest BCUT2D eigenvalue weighted by Crippen LogP contribution is -2.06. The molecule has 0 aliphatic carbocycles. The molecular weight excluding hydrogens is 282 g/mol. The smallest absolute Gasteiger partial charge is 0.409 e. The summed E-state index contributed by atoms with van der Waals surface area (Å²) < 4.78 is 0. The number of carboxylic acid groups (broad SMARTS) is 1. The third kappa shape index (κ3) is 3.10. The summed E-state index contributed by atoms with van der Waals surface area (Å²) in [6.07, 6.45) is 0.314. The van der Waals surface area contributed by atoms with Crippen LogP contribution in [0, 0.1) is 0 Å². The average molecular weight is 292 g/mol. The maximum atomic E-state index is 11.2. The molecule has 0 bridgehead atoms. The van der Waals surface area contributed by atoms with E-state index in [-0.39, 0.29) is 16.6 Å². The highest BCUT2D eigenvalue weighted by atomic mass is 35.5. The molecule has 2 rings (SSSR count). The Hall–Kier alpha value is -2.47. The molecule has 0 saturated carbocycles. The van der Waals surface area contributed by atoms with E-state index in [1.807, 2.05) is 0 Å². The number of hydrogen-bond donors (Lipinski definition) is 2. The molecule has 2 N–H and O–H groups in total. The molecule has 1 amide bonds. The molecule has 1 aromatic heterocycles. The van der Waals surface area contributed by atoms with Crippen molar-refractivity contribution in [2.75, 3.05) is 5.32 Å². The molecule has 0 unspecified atom stereocenters. The van der Waals surface area contributed by atoms with E-state index in [0.717, 1.165) is 0 Å². The lowest BCUT2D eigenvalue weighted by Gasteiger charge is -2.05. The van der Waals surface area contributed by atoms with Crippen molar-refractivity contribution in [2.24, 2.45) is 0 Å². The number of nitrogens with zero attached hydrogens (tertiary/aromatic N) is 2. The second-order valence-electron chi connectivity index (χ2n) is 3.96. The zero-order valence-corrected chi connectivity index (χ0v) is 11.2. The Morgan fingerprint density at radius 2 is 1.90 bits per heavy atom. The van der Waals surface area contributed by atoms with Crippen molar-refractivity contribution in [3.63, 3.8) is 0 Å². The largest absolute Gasteiger partial charge is 0.465 e. The van der Waals surface area contributed by atoms with Gasteiger partial charge in [0.15, 0.2) is 10.9 Å². The van der Waals surface area contributed by atoms with Gasteiger partial charge in [0.05, 0.1) is 11.9 Å². The average Bonchev–Trinajstić information content (AvgIpc) is 2.38. The monoisotopic (exact) mass is 291 g/mol. The molecule has 1 heterocycles. The Labute approximate surface area is 119 Å². The topological polar surface area (TPSA) is 92.2 Å². The Balaban J connectivity index is 2.30. The van der Waals surface area contributed by atoms with Crippen LogP contribution in [0.1, 0.15) is 17.4 Å². The number of amides is 1. The van der Waals surface area contributed by atoms with Gasteiger partial charge in [-0.1, -0.05) is 23.7 Å². The van der Waals surface area contributed by atoms with Crippen LogP contribution in [0.4, 0.5) is 10.5 Å². The number of ketones is 1. The van der Waals surface area contributed by atoms with E-state index < -0.39 is 6.09 Å². The summed E-state index contributed by atoms with van der Waals surface area (Å²) in [6, 6.07) is 6.55. The molecule has 20 heavy (non-hydrogen) atoms. The van der Waals surface area contributed by atoms with Gasteiger partial charge in [-0.05, 0) is 12.1 Å². The Morgan fingerprint density at radius 3 is 2.40 bits per heavy atom. The molecule has 0 radical (unpaired) electrons. The maximum Gasteiger partial charge on any atom is 0.409 e. The summed E-state index contributed by atoms with van der Waals surface area (Å²) in [5.41, 5.74) is 1.78. The molecule has 0 aliphatic rings. The molecule has 2 aromatic rings. The van der Waals surface area contributed by atoms with Gasteiger partial charge < -0.3 is 5.11 Å². The van der Waals surface area contributed by atoms with Gasteiger partial charge in [-0.15, -0.1) is 0 Å². The van der Waals surface area contributed by atoms with Gasteiger partial charge in [0.2, 0.25) is 0 Å². The van der Waals surface area contributed by atoms with Crippen molar-refractivity contribution < 1.29 is 14.7 Å². The first-order valence-corrected chi connectivity index (χ1v) is 5.99. The predicted molar refractivity (Wildman–Crippen MR) is 74.1 cm³/mol. The summed E-state index contributed by atoms with van der Waals surface area (Å²) >= 11 is 5.89. The summed E-state index contributed by atoms with van der Waals surface area (Å²) in [4.78, 5) is 29.8. The molecule has 0 atom stereocenters. The van der Waals surface area contributed by atoms with E-state index in [2.05, 4.69) is 15.3 Å². The lowest BCUT2D eigenvalue weighted by molar-refractivity contribution is 0.101. The Bertz CT molecular complexity index is 671. The zero-order chi connectivity index (χ0) is 14.7. The molecular formula is C13H10ClN3O3.